The fourth-order valence-corrected chi connectivity index (χ4v) is 9.24. The van der Waals surface area contributed by atoms with Crippen molar-refractivity contribution in [2.24, 2.45) is 0 Å². The quantitative estimate of drug-likeness (QED) is 0.171. The van der Waals surface area contributed by atoms with Gasteiger partial charge in [-0.3, -0.25) is 0 Å². The predicted octanol–water partition coefficient (Wildman–Crippen LogP) is 13.7. The summed E-state index contributed by atoms with van der Waals surface area (Å²) in [6.07, 6.45) is 0. The number of nitrogens with zero attached hydrogens (tertiary/aromatic N) is 4. The van der Waals surface area contributed by atoms with Crippen molar-refractivity contribution >= 4 is 53.3 Å². The fraction of sp³-hybridized carbons (Fsp3) is 0. The molecule has 56 heavy (non-hydrogen) atoms. The zero-order valence-electron chi connectivity index (χ0n) is 30.2. The third-order valence-electron chi connectivity index (χ3n) is 10.6. The first-order chi connectivity index (χ1) is 27.7. The predicted molar refractivity (Wildman–Crippen MR) is 234 cm³/mol. The van der Waals surface area contributed by atoms with Gasteiger partial charge in [0, 0.05) is 53.3 Å². The highest BCUT2D eigenvalue weighted by Crippen LogP contribution is 2.43. The molecule has 0 bridgehead atoms. The van der Waals surface area contributed by atoms with Crippen LogP contribution in [0.1, 0.15) is 0 Å². The van der Waals surface area contributed by atoms with E-state index in [-0.39, 0.29) is 0 Å². The number of hydrogen-bond acceptors (Lipinski definition) is 4. The van der Waals surface area contributed by atoms with E-state index in [1.807, 2.05) is 47.7 Å². The van der Waals surface area contributed by atoms with E-state index in [2.05, 4.69) is 162 Å². The summed E-state index contributed by atoms with van der Waals surface area (Å²) in [5, 5.41) is 4.97. The average Bonchev–Trinajstić information content (AvgIpc) is 3.83. The summed E-state index contributed by atoms with van der Waals surface area (Å²) in [7, 11) is 0. The maximum atomic E-state index is 5.17. The second kappa shape index (κ2) is 13.3. The molecule has 11 rings (SSSR count). The second-order valence-corrected chi connectivity index (χ2v) is 15.1. The molecule has 0 saturated heterocycles. The first-order valence-corrected chi connectivity index (χ1v) is 19.6. The number of thiophene rings is 1. The normalized spacial score (nSPS) is 11.6. The van der Waals surface area contributed by atoms with Gasteiger partial charge < -0.3 is 4.57 Å². The fourth-order valence-electron chi connectivity index (χ4n) is 8.00. The largest absolute Gasteiger partial charge is 0.309 e. The molecule has 0 unspecified atom stereocenters. The first-order valence-electron chi connectivity index (χ1n) is 18.8. The van der Waals surface area contributed by atoms with Crippen molar-refractivity contribution in [3.63, 3.8) is 0 Å². The molecule has 262 valence electrons. The summed E-state index contributed by atoms with van der Waals surface area (Å²) in [5.74, 6) is 1.91. The van der Waals surface area contributed by atoms with Crippen LogP contribution in [0, 0.1) is 0 Å². The number of para-hydroxylation sites is 2. The van der Waals surface area contributed by atoms with Crippen molar-refractivity contribution in [3.8, 4) is 62.1 Å². The Morgan fingerprint density at radius 2 is 0.893 bits per heavy atom. The minimum absolute atomic E-state index is 0.631. The molecule has 0 atom stereocenters. The Hall–Kier alpha value is -7.21. The molecule has 11 aromatic rings. The lowest BCUT2D eigenvalue weighted by molar-refractivity contribution is 1.07. The van der Waals surface area contributed by atoms with E-state index in [9.17, 15) is 0 Å². The van der Waals surface area contributed by atoms with Crippen LogP contribution in [0.5, 0.6) is 0 Å². The van der Waals surface area contributed by atoms with Gasteiger partial charge in [0.1, 0.15) is 0 Å². The van der Waals surface area contributed by atoms with E-state index >= 15 is 0 Å². The van der Waals surface area contributed by atoms with Gasteiger partial charge in [0.05, 0.1) is 11.0 Å². The monoisotopic (exact) mass is 732 g/mol. The lowest BCUT2D eigenvalue weighted by Crippen LogP contribution is -2.00. The van der Waals surface area contributed by atoms with Crippen LogP contribution in [-0.4, -0.2) is 19.5 Å². The molecule has 0 fully saturated rings. The molecule has 5 heteroatoms. The molecule has 0 spiro atoms. The van der Waals surface area contributed by atoms with Crippen molar-refractivity contribution in [3.05, 3.63) is 194 Å². The topological polar surface area (TPSA) is 43.6 Å². The van der Waals surface area contributed by atoms with E-state index in [0.29, 0.717) is 17.5 Å². The van der Waals surface area contributed by atoms with Crippen LogP contribution in [-0.2, 0) is 0 Å². The van der Waals surface area contributed by atoms with Crippen LogP contribution in [0.15, 0.2) is 194 Å². The van der Waals surface area contributed by atoms with Gasteiger partial charge in [0.2, 0.25) is 0 Å². The van der Waals surface area contributed by atoms with Gasteiger partial charge in [0.25, 0.3) is 0 Å². The molecule has 3 aromatic heterocycles. The lowest BCUT2D eigenvalue weighted by Gasteiger charge is -2.13. The van der Waals surface area contributed by atoms with Crippen molar-refractivity contribution in [2.75, 3.05) is 0 Å². The molecule has 0 aliphatic carbocycles. The molecule has 3 heterocycles. The van der Waals surface area contributed by atoms with Crippen LogP contribution in [0.4, 0.5) is 0 Å². The molecule has 0 N–H and O–H groups in total. The molecule has 4 nitrogen and oxygen atoms in total. The smallest absolute Gasteiger partial charge is 0.164 e. The van der Waals surface area contributed by atoms with Crippen molar-refractivity contribution in [2.45, 2.75) is 0 Å². The minimum atomic E-state index is 0.631. The molecule has 0 amide bonds. The molecule has 0 saturated carbocycles. The van der Waals surface area contributed by atoms with Gasteiger partial charge in [-0.05, 0) is 76.9 Å². The van der Waals surface area contributed by atoms with Gasteiger partial charge >= 0.3 is 0 Å². The van der Waals surface area contributed by atoms with Gasteiger partial charge in [-0.2, -0.15) is 0 Å². The standard InChI is InChI=1S/C51H32N4S/c1-4-15-33(16-5-1)49-52-50(34-17-6-2-7-18-34)54-51(53-49)38-30-36(29-37(31-38)40-23-14-24-43-42-22-11-13-26-47(42)56-48(40)43)35-27-28-46-44(32-35)41-21-10-12-25-45(41)55(46)39-19-8-3-9-20-39/h1-32H. The summed E-state index contributed by atoms with van der Waals surface area (Å²) in [4.78, 5) is 15.3. The van der Waals surface area contributed by atoms with Crippen molar-refractivity contribution < 1.29 is 0 Å². The first kappa shape index (κ1) is 32.2. The Kier molecular flexibility index (Phi) is 7.64. The van der Waals surface area contributed by atoms with Crippen molar-refractivity contribution in [1.82, 2.24) is 19.5 Å². The molecule has 0 aliphatic heterocycles. The van der Waals surface area contributed by atoms with Crippen LogP contribution in [0.2, 0.25) is 0 Å². The van der Waals surface area contributed by atoms with Gasteiger partial charge in [0.15, 0.2) is 17.5 Å². The van der Waals surface area contributed by atoms with E-state index in [0.717, 1.165) is 39.1 Å². The summed E-state index contributed by atoms with van der Waals surface area (Å²) < 4.78 is 4.91. The molecule has 0 aliphatic rings. The lowest BCUT2D eigenvalue weighted by atomic mass is 9.94. The number of hydrogen-bond donors (Lipinski definition) is 0. The molecule has 0 radical (unpaired) electrons. The molecular formula is C51H32N4S. The zero-order chi connectivity index (χ0) is 37.0. The van der Waals surface area contributed by atoms with Gasteiger partial charge in [-0.15, -0.1) is 11.3 Å². The number of benzene rings is 8. The summed E-state index contributed by atoms with van der Waals surface area (Å²) in [6, 6.07) is 68.7. The number of rotatable bonds is 6. The summed E-state index contributed by atoms with van der Waals surface area (Å²) in [5.41, 5.74) is 10.8. The highest BCUT2D eigenvalue weighted by atomic mass is 32.1. The minimum Gasteiger partial charge on any atom is -0.309 e. The Labute approximate surface area is 327 Å². The highest BCUT2D eigenvalue weighted by Gasteiger charge is 2.18. The van der Waals surface area contributed by atoms with E-state index in [1.54, 1.807) is 0 Å². The number of fused-ring (bicyclic) bond motifs is 6. The molecule has 8 aromatic carbocycles. The summed E-state index contributed by atoms with van der Waals surface area (Å²) in [6.45, 7) is 0. The Bertz CT molecular complexity index is 3180. The maximum Gasteiger partial charge on any atom is 0.164 e. The van der Waals surface area contributed by atoms with Crippen LogP contribution in [0.25, 0.3) is 104 Å². The SMILES string of the molecule is c1ccc(-c2nc(-c3ccccc3)nc(-c3cc(-c4ccc5c(c4)c4ccccc4n5-c4ccccc4)cc(-c4cccc5c4sc4ccccc45)c3)n2)cc1. The third-order valence-corrected chi connectivity index (χ3v) is 11.8. The highest BCUT2D eigenvalue weighted by molar-refractivity contribution is 7.26. The van der Waals surface area contributed by atoms with E-state index in [1.165, 1.54) is 47.5 Å². The Morgan fingerprint density at radius 3 is 1.62 bits per heavy atom. The third kappa shape index (κ3) is 5.48. The van der Waals surface area contributed by atoms with E-state index in [4.69, 9.17) is 15.0 Å². The van der Waals surface area contributed by atoms with Gasteiger partial charge in [-0.25, -0.2) is 15.0 Å². The maximum absolute atomic E-state index is 5.17. The van der Waals surface area contributed by atoms with Gasteiger partial charge in [-0.1, -0.05) is 140 Å². The molecular weight excluding hydrogens is 701 g/mol. The van der Waals surface area contributed by atoms with Crippen LogP contribution >= 0.6 is 11.3 Å². The average molecular weight is 733 g/mol. The van der Waals surface area contributed by atoms with Crippen molar-refractivity contribution in [1.29, 1.82) is 0 Å². The number of aromatic nitrogens is 4. The second-order valence-electron chi connectivity index (χ2n) is 14.0. The van der Waals surface area contributed by atoms with E-state index < -0.39 is 0 Å². The zero-order valence-corrected chi connectivity index (χ0v) is 31.0. The Morgan fingerprint density at radius 1 is 0.339 bits per heavy atom. The Balaban J connectivity index is 1.17. The summed E-state index contributed by atoms with van der Waals surface area (Å²) >= 11 is 1.85. The van der Waals surface area contributed by atoms with Crippen LogP contribution < -0.4 is 0 Å². The van der Waals surface area contributed by atoms with Crippen LogP contribution in [0.3, 0.4) is 0 Å².